The normalized spacial score (nSPS) is 11.5. The molecule has 2 aromatic rings. The van der Waals surface area contributed by atoms with Crippen molar-refractivity contribution in [2.75, 3.05) is 11.9 Å². The van der Waals surface area contributed by atoms with Crippen molar-refractivity contribution in [1.82, 2.24) is 0 Å². The molecule has 1 atom stereocenters. The van der Waals surface area contributed by atoms with Gasteiger partial charge in [-0.25, -0.2) is 4.79 Å². The van der Waals surface area contributed by atoms with Crippen molar-refractivity contribution in [1.29, 1.82) is 0 Å². The summed E-state index contributed by atoms with van der Waals surface area (Å²) in [5.41, 5.74) is 1.43. The molecule has 5 nitrogen and oxygen atoms in total. The summed E-state index contributed by atoms with van der Waals surface area (Å²) in [6, 6.07) is 11.9. The number of amides is 1. The molecular formula is C18H17Cl2NO4. The third-order valence-electron chi connectivity index (χ3n) is 3.15. The SMILES string of the molecule is Cc1cccc(OCC(=O)O[C@@H](C)C(=O)Nc2cc(Cl)cc(Cl)c2)c1. The van der Waals surface area contributed by atoms with Gasteiger partial charge in [0.15, 0.2) is 12.7 Å². The molecule has 1 N–H and O–H groups in total. The van der Waals surface area contributed by atoms with Crippen molar-refractivity contribution in [3.8, 4) is 5.75 Å². The molecule has 0 fully saturated rings. The third kappa shape index (κ3) is 6.29. The molecule has 0 spiro atoms. The molecule has 25 heavy (non-hydrogen) atoms. The first kappa shape index (κ1) is 19.1. The van der Waals surface area contributed by atoms with Crippen molar-refractivity contribution < 1.29 is 19.1 Å². The fourth-order valence-electron chi connectivity index (χ4n) is 2.00. The molecule has 0 aliphatic rings. The maximum Gasteiger partial charge on any atom is 0.344 e. The van der Waals surface area contributed by atoms with Crippen LogP contribution in [0, 0.1) is 6.92 Å². The van der Waals surface area contributed by atoms with Crippen molar-refractivity contribution >= 4 is 40.8 Å². The van der Waals surface area contributed by atoms with Crippen LogP contribution in [0.2, 0.25) is 10.0 Å². The van der Waals surface area contributed by atoms with Crippen LogP contribution in [-0.2, 0) is 14.3 Å². The van der Waals surface area contributed by atoms with Crippen molar-refractivity contribution in [3.63, 3.8) is 0 Å². The second-order valence-corrected chi connectivity index (χ2v) is 6.26. The fourth-order valence-corrected chi connectivity index (χ4v) is 2.53. The third-order valence-corrected chi connectivity index (χ3v) is 3.59. The van der Waals surface area contributed by atoms with Crippen LogP contribution in [-0.4, -0.2) is 24.6 Å². The number of ether oxygens (including phenoxy) is 2. The van der Waals surface area contributed by atoms with E-state index < -0.39 is 18.0 Å². The molecule has 2 rings (SSSR count). The quantitative estimate of drug-likeness (QED) is 0.759. The molecule has 2 aromatic carbocycles. The minimum atomic E-state index is -0.994. The second kappa shape index (κ2) is 8.74. The summed E-state index contributed by atoms with van der Waals surface area (Å²) in [5, 5.41) is 3.36. The number of benzene rings is 2. The maximum atomic E-state index is 12.1. The highest BCUT2D eigenvalue weighted by Gasteiger charge is 2.18. The number of anilines is 1. The Hall–Kier alpha value is -2.24. The average Bonchev–Trinajstić information content (AvgIpc) is 2.52. The van der Waals surface area contributed by atoms with Gasteiger partial charge in [-0.3, -0.25) is 4.79 Å². The summed E-state index contributed by atoms with van der Waals surface area (Å²) >= 11 is 11.7. The molecule has 0 unspecified atom stereocenters. The van der Waals surface area contributed by atoms with Gasteiger partial charge in [0, 0.05) is 15.7 Å². The van der Waals surface area contributed by atoms with E-state index in [2.05, 4.69) is 5.32 Å². The lowest BCUT2D eigenvalue weighted by molar-refractivity contribution is -0.155. The molecule has 0 saturated carbocycles. The van der Waals surface area contributed by atoms with Crippen LogP contribution in [0.5, 0.6) is 5.75 Å². The monoisotopic (exact) mass is 381 g/mol. The molecule has 7 heteroatoms. The van der Waals surface area contributed by atoms with Gasteiger partial charge in [0.2, 0.25) is 0 Å². The molecule has 0 aliphatic carbocycles. The van der Waals surface area contributed by atoms with Gasteiger partial charge in [0.1, 0.15) is 5.75 Å². The Kier molecular flexibility index (Phi) is 6.67. The Morgan fingerprint density at radius 1 is 1.12 bits per heavy atom. The number of carbonyl (C=O) groups is 2. The minimum Gasteiger partial charge on any atom is -0.482 e. The molecule has 0 aliphatic heterocycles. The van der Waals surface area contributed by atoms with Crippen molar-refractivity contribution in [2.24, 2.45) is 0 Å². The van der Waals surface area contributed by atoms with Crippen molar-refractivity contribution in [3.05, 3.63) is 58.1 Å². The number of nitrogens with one attached hydrogen (secondary N) is 1. The molecular weight excluding hydrogens is 365 g/mol. The molecule has 0 aromatic heterocycles. The van der Waals surface area contributed by atoms with E-state index in [0.717, 1.165) is 5.56 Å². The standard InChI is InChI=1S/C18H17Cl2NO4/c1-11-4-3-5-16(6-11)24-10-17(22)25-12(2)18(23)21-15-8-13(19)7-14(20)9-15/h3-9,12H,10H2,1-2H3,(H,21,23)/t12-/m0/s1. The lowest BCUT2D eigenvalue weighted by atomic mass is 10.2. The number of carbonyl (C=O) groups excluding carboxylic acids is 2. The minimum absolute atomic E-state index is 0.288. The van der Waals surface area contributed by atoms with E-state index in [9.17, 15) is 9.59 Å². The van der Waals surface area contributed by atoms with E-state index in [1.165, 1.54) is 6.92 Å². The Bertz CT molecular complexity index is 759. The molecule has 0 radical (unpaired) electrons. The number of hydrogen-bond donors (Lipinski definition) is 1. The largest absolute Gasteiger partial charge is 0.482 e. The number of rotatable bonds is 6. The van der Waals surface area contributed by atoms with Crippen LogP contribution >= 0.6 is 23.2 Å². The van der Waals surface area contributed by atoms with E-state index in [1.807, 2.05) is 19.1 Å². The van der Waals surface area contributed by atoms with Crippen LogP contribution in [0.3, 0.4) is 0 Å². The maximum absolute atomic E-state index is 12.1. The zero-order valence-electron chi connectivity index (χ0n) is 13.7. The van der Waals surface area contributed by atoms with E-state index >= 15 is 0 Å². The molecule has 0 saturated heterocycles. The van der Waals surface area contributed by atoms with E-state index in [4.69, 9.17) is 32.7 Å². The predicted octanol–water partition coefficient (Wildman–Crippen LogP) is 4.25. The zero-order chi connectivity index (χ0) is 18.4. The summed E-state index contributed by atoms with van der Waals surface area (Å²) in [6.45, 7) is 3.09. The topological polar surface area (TPSA) is 64.6 Å². The van der Waals surface area contributed by atoms with Gasteiger partial charge in [-0.1, -0.05) is 35.3 Å². The second-order valence-electron chi connectivity index (χ2n) is 5.38. The first-order chi connectivity index (χ1) is 11.8. The van der Waals surface area contributed by atoms with Gasteiger partial charge in [-0.2, -0.15) is 0 Å². The highest BCUT2D eigenvalue weighted by atomic mass is 35.5. The zero-order valence-corrected chi connectivity index (χ0v) is 15.2. The number of esters is 1. The van der Waals surface area contributed by atoms with Crippen LogP contribution in [0.15, 0.2) is 42.5 Å². The van der Waals surface area contributed by atoms with Crippen molar-refractivity contribution in [2.45, 2.75) is 20.0 Å². The lowest BCUT2D eigenvalue weighted by Crippen LogP contribution is -2.31. The Labute approximate surface area is 155 Å². The number of hydrogen-bond acceptors (Lipinski definition) is 4. The molecule has 132 valence electrons. The van der Waals surface area contributed by atoms with Gasteiger partial charge >= 0.3 is 5.97 Å². The molecule has 0 heterocycles. The van der Waals surface area contributed by atoms with Crippen LogP contribution in [0.25, 0.3) is 0 Å². The van der Waals surface area contributed by atoms with Gasteiger partial charge < -0.3 is 14.8 Å². The van der Waals surface area contributed by atoms with Crippen LogP contribution in [0.4, 0.5) is 5.69 Å². The van der Waals surface area contributed by atoms with Gasteiger partial charge in [-0.15, -0.1) is 0 Å². The van der Waals surface area contributed by atoms with E-state index in [0.29, 0.717) is 21.5 Å². The fraction of sp³-hybridized carbons (Fsp3) is 0.222. The van der Waals surface area contributed by atoms with Gasteiger partial charge in [0.05, 0.1) is 0 Å². The van der Waals surface area contributed by atoms with E-state index in [1.54, 1.807) is 30.3 Å². The first-order valence-corrected chi connectivity index (χ1v) is 8.25. The number of halogens is 2. The molecule has 0 bridgehead atoms. The molecule has 1 amide bonds. The highest BCUT2D eigenvalue weighted by Crippen LogP contribution is 2.22. The Morgan fingerprint density at radius 2 is 1.80 bits per heavy atom. The highest BCUT2D eigenvalue weighted by molar-refractivity contribution is 6.35. The Morgan fingerprint density at radius 3 is 2.44 bits per heavy atom. The predicted molar refractivity (Wildman–Crippen MR) is 97.3 cm³/mol. The summed E-state index contributed by atoms with van der Waals surface area (Å²) in [6.07, 6.45) is -0.994. The summed E-state index contributed by atoms with van der Waals surface area (Å²) in [5.74, 6) is -0.585. The average molecular weight is 382 g/mol. The van der Waals surface area contributed by atoms with Crippen LogP contribution < -0.4 is 10.1 Å². The number of aryl methyl sites for hydroxylation is 1. The van der Waals surface area contributed by atoms with E-state index in [-0.39, 0.29) is 6.61 Å². The van der Waals surface area contributed by atoms with Gasteiger partial charge in [0.25, 0.3) is 5.91 Å². The first-order valence-electron chi connectivity index (χ1n) is 7.49. The summed E-state index contributed by atoms with van der Waals surface area (Å²) < 4.78 is 10.4. The summed E-state index contributed by atoms with van der Waals surface area (Å²) in [7, 11) is 0. The smallest absolute Gasteiger partial charge is 0.344 e. The van der Waals surface area contributed by atoms with Gasteiger partial charge in [-0.05, 0) is 49.7 Å². The van der Waals surface area contributed by atoms with Crippen LogP contribution in [0.1, 0.15) is 12.5 Å². The lowest BCUT2D eigenvalue weighted by Gasteiger charge is -2.14. The summed E-state index contributed by atoms with van der Waals surface area (Å²) in [4.78, 5) is 23.9. The Balaban J connectivity index is 1.84.